The van der Waals surface area contributed by atoms with Gasteiger partial charge in [0.15, 0.2) is 5.52 Å². The normalized spacial score (nSPS) is 22.6. The third kappa shape index (κ3) is 1.28. The number of nitrogens with one attached hydrogen (secondary N) is 1. The lowest BCUT2D eigenvalue weighted by Crippen LogP contribution is -2.16. The first kappa shape index (κ1) is 4.79. The van der Waals surface area contributed by atoms with Crippen molar-refractivity contribution in [3.63, 3.8) is 0 Å². The summed E-state index contributed by atoms with van der Waals surface area (Å²) in [6.07, 6.45) is 1.82. The molecule has 0 aliphatic carbocycles. The van der Waals surface area contributed by atoms with Crippen LogP contribution in [0.4, 0.5) is 0 Å². The predicted molar refractivity (Wildman–Crippen MR) is 30.5 cm³/mol. The fraction of sp³-hybridized carbons (Fsp3) is 0.250. The lowest BCUT2D eigenvalue weighted by atomic mass is 10.7. The van der Waals surface area contributed by atoms with Crippen LogP contribution in [-0.4, -0.2) is 12.1 Å². The highest BCUT2D eigenvalue weighted by Crippen LogP contribution is 2.13. The Kier molecular flexibility index (Phi) is 1.42. The molecule has 0 aromatic carbocycles. The van der Waals surface area contributed by atoms with Gasteiger partial charge in [0, 0.05) is 0 Å². The Bertz CT molecular complexity index is 110. The highest BCUT2D eigenvalue weighted by atomic mass is 31.1. The van der Waals surface area contributed by atoms with Crippen LogP contribution in [0.25, 0.3) is 0 Å². The van der Waals surface area contributed by atoms with Crippen LogP contribution in [-0.2, 0) is 4.79 Å². The van der Waals surface area contributed by atoms with Crippen LogP contribution < -0.4 is 5.32 Å². The number of carbonyl (C=O) groups excluding carboxylic acids is 1. The van der Waals surface area contributed by atoms with Crippen molar-refractivity contribution < 1.29 is 4.79 Å². The van der Waals surface area contributed by atoms with E-state index < -0.39 is 0 Å². The van der Waals surface area contributed by atoms with Gasteiger partial charge in [-0.3, -0.25) is 4.79 Å². The summed E-state index contributed by atoms with van der Waals surface area (Å²) >= 11 is 0. The predicted octanol–water partition coefficient (Wildman–Crippen LogP) is 0.266. The molecule has 0 saturated carbocycles. The molecule has 1 heterocycles. The summed E-state index contributed by atoms with van der Waals surface area (Å²) in [5.74, 6) is 1.85. The number of hydrogen-bond acceptors (Lipinski definition) is 2. The molecule has 0 amide bonds. The van der Waals surface area contributed by atoms with Crippen LogP contribution in [0.5, 0.6) is 0 Å². The van der Waals surface area contributed by atoms with Crippen molar-refractivity contribution >= 4 is 14.1 Å². The van der Waals surface area contributed by atoms with Crippen molar-refractivity contribution in [1.29, 1.82) is 0 Å². The standard InChI is InChI=1S/C4H6NOP/c6-4-3-5-1-2-7-4/h1-2,5,7H,3H2. The first-order valence-corrected chi connectivity index (χ1v) is 3.15. The summed E-state index contributed by atoms with van der Waals surface area (Å²) in [6.45, 7) is 0.523. The van der Waals surface area contributed by atoms with Crippen LogP contribution in [0.15, 0.2) is 12.0 Å². The van der Waals surface area contributed by atoms with Gasteiger partial charge in [-0.15, -0.1) is 0 Å². The van der Waals surface area contributed by atoms with E-state index in [0.29, 0.717) is 20.6 Å². The molecule has 1 atom stereocenters. The van der Waals surface area contributed by atoms with Gasteiger partial charge in [0.25, 0.3) is 0 Å². The van der Waals surface area contributed by atoms with Gasteiger partial charge in [-0.1, -0.05) is 0 Å². The lowest BCUT2D eigenvalue weighted by molar-refractivity contribution is -0.110. The zero-order valence-electron chi connectivity index (χ0n) is 3.77. The average molecular weight is 115 g/mol. The second-order valence-corrected chi connectivity index (χ2v) is 2.46. The summed E-state index contributed by atoms with van der Waals surface area (Å²) in [4.78, 5) is 10.4. The minimum absolute atomic E-state index is 0.294. The van der Waals surface area contributed by atoms with E-state index in [4.69, 9.17) is 0 Å². The van der Waals surface area contributed by atoms with Gasteiger partial charge in [0.05, 0.1) is 6.54 Å². The highest BCUT2D eigenvalue weighted by Gasteiger charge is 1.98. The first-order chi connectivity index (χ1) is 3.39. The number of hydrogen-bond donors (Lipinski definition) is 1. The molecule has 1 aliphatic rings. The van der Waals surface area contributed by atoms with E-state index in [1.807, 2.05) is 12.0 Å². The molecule has 0 radical (unpaired) electrons. The molecule has 1 rings (SSSR count). The Morgan fingerprint density at radius 3 is 3.00 bits per heavy atom. The van der Waals surface area contributed by atoms with E-state index in [-0.39, 0.29) is 0 Å². The molecular formula is C4H6NOP. The van der Waals surface area contributed by atoms with Crippen molar-refractivity contribution in [2.45, 2.75) is 0 Å². The van der Waals surface area contributed by atoms with Gasteiger partial charge in [0.1, 0.15) is 0 Å². The summed E-state index contributed by atoms with van der Waals surface area (Å²) in [7, 11) is 0.394. The van der Waals surface area contributed by atoms with E-state index in [0.717, 1.165) is 0 Å². The van der Waals surface area contributed by atoms with Gasteiger partial charge in [-0.25, -0.2) is 0 Å². The Morgan fingerprint density at radius 2 is 2.71 bits per heavy atom. The van der Waals surface area contributed by atoms with Crippen molar-refractivity contribution in [2.24, 2.45) is 0 Å². The van der Waals surface area contributed by atoms with Gasteiger partial charge >= 0.3 is 0 Å². The van der Waals surface area contributed by atoms with Crippen molar-refractivity contribution in [2.75, 3.05) is 6.54 Å². The van der Waals surface area contributed by atoms with Crippen molar-refractivity contribution in [1.82, 2.24) is 5.32 Å². The molecule has 0 bridgehead atoms. The topological polar surface area (TPSA) is 29.1 Å². The third-order valence-corrected chi connectivity index (χ3v) is 1.54. The lowest BCUT2D eigenvalue weighted by Gasteiger charge is -2.01. The quantitative estimate of drug-likeness (QED) is 0.459. The fourth-order valence-corrected chi connectivity index (χ4v) is 0.987. The fourth-order valence-electron chi connectivity index (χ4n) is 0.396. The number of carbonyl (C=O) groups is 1. The second-order valence-electron chi connectivity index (χ2n) is 1.28. The molecule has 2 nitrogen and oxygen atoms in total. The van der Waals surface area contributed by atoms with Crippen LogP contribution in [0.2, 0.25) is 0 Å². The third-order valence-electron chi connectivity index (χ3n) is 0.708. The zero-order chi connectivity index (χ0) is 5.11. The maximum atomic E-state index is 10.4. The SMILES string of the molecule is O=C1CNC=CP1. The van der Waals surface area contributed by atoms with E-state index in [2.05, 4.69) is 5.32 Å². The summed E-state index contributed by atoms with van der Waals surface area (Å²) in [6, 6.07) is 0. The highest BCUT2D eigenvalue weighted by molar-refractivity contribution is 7.61. The maximum absolute atomic E-state index is 10.4. The summed E-state index contributed by atoms with van der Waals surface area (Å²) in [5.41, 5.74) is 0.294. The Morgan fingerprint density at radius 1 is 1.86 bits per heavy atom. The average Bonchev–Trinajstić information content (AvgIpc) is 1.69. The largest absolute Gasteiger partial charge is 0.383 e. The van der Waals surface area contributed by atoms with Crippen LogP contribution in [0, 0.1) is 0 Å². The number of rotatable bonds is 0. The molecule has 0 aromatic heterocycles. The van der Waals surface area contributed by atoms with Crippen molar-refractivity contribution in [3.05, 3.63) is 12.0 Å². The van der Waals surface area contributed by atoms with E-state index >= 15 is 0 Å². The molecule has 1 unspecified atom stereocenters. The van der Waals surface area contributed by atoms with Gasteiger partial charge < -0.3 is 5.32 Å². The van der Waals surface area contributed by atoms with E-state index in [1.165, 1.54) is 0 Å². The molecule has 7 heavy (non-hydrogen) atoms. The Hall–Kier alpha value is -0.360. The molecule has 0 fully saturated rings. The zero-order valence-corrected chi connectivity index (χ0v) is 4.77. The molecule has 1 aliphatic heterocycles. The van der Waals surface area contributed by atoms with Gasteiger partial charge in [-0.05, 0) is 20.6 Å². The molecule has 0 spiro atoms. The molecule has 0 saturated heterocycles. The van der Waals surface area contributed by atoms with Crippen LogP contribution in [0.1, 0.15) is 0 Å². The molecular weight excluding hydrogens is 109 g/mol. The maximum Gasteiger partial charge on any atom is 0.174 e. The van der Waals surface area contributed by atoms with E-state index in [9.17, 15) is 4.79 Å². The minimum atomic E-state index is 0.294. The summed E-state index contributed by atoms with van der Waals surface area (Å²) < 4.78 is 0. The molecule has 1 N–H and O–H groups in total. The van der Waals surface area contributed by atoms with Gasteiger partial charge in [0.2, 0.25) is 0 Å². The molecule has 3 heteroatoms. The van der Waals surface area contributed by atoms with Crippen molar-refractivity contribution in [3.8, 4) is 0 Å². The molecule has 38 valence electrons. The minimum Gasteiger partial charge on any atom is -0.383 e. The molecule has 0 aromatic rings. The smallest absolute Gasteiger partial charge is 0.174 e. The summed E-state index contributed by atoms with van der Waals surface area (Å²) in [5, 5.41) is 2.81. The second kappa shape index (κ2) is 2.08. The Labute approximate surface area is 43.8 Å². The van der Waals surface area contributed by atoms with E-state index in [1.54, 1.807) is 0 Å². The van der Waals surface area contributed by atoms with Crippen LogP contribution in [0.3, 0.4) is 0 Å². The first-order valence-electron chi connectivity index (χ1n) is 2.07. The van der Waals surface area contributed by atoms with Gasteiger partial charge in [-0.2, -0.15) is 0 Å². The van der Waals surface area contributed by atoms with Crippen LogP contribution >= 0.6 is 8.58 Å². The monoisotopic (exact) mass is 115 g/mol. The Balaban J connectivity index is 2.47.